The topological polar surface area (TPSA) is 88.9 Å². The second-order valence-corrected chi connectivity index (χ2v) is 3.35. The van der Waals surface area contributed by atoms with Crippen molar-refractivity contribution in [1.82, 2.24) is 25.4 Å². The average molecular weight is 233 g/mol. The van der Waals surface area contributed by atoms with E-state index in [1.54, 1.807) is 25.4 Å². The van der Waals surface area contributed by atoms with E-state index in [4.69, 9.17) is 0 Å². The van der Waals surface area contributed by atoms with Crippen LogP contribution in [0.15, 0.2) is 29.5 Å². The van der Waals surface area contributed by atoms with Crippen molar-refractivity contribution in [2.75, 3.05) is 7.05 Å². The molecule has 0 aromatic carbocycles. The van der Waals surface area contributed by atoms with Gasteiger partial charge >= 0.3 is 0 Å². The van der Waals surface area contributed by atoms with Gasteiger partial charge in [-0.2, -0.15) is 0 Å². The molecule has 7 heteroatoms. The highest BCUT2D eigenvalue weighted by molar-refractivity contribution is 5.76. The van der Waals surface area contributed by atoms with Crippen LogP contribution in [0, 0.1) is 0 Å². The summed E-state index contributed by atoms with van der Waals surface area (Å²) in [7, 11) is 1.57. The lowest BCUT2D eigenvalue weighted by Gasteiger charge is -2.06. The molecule has 0 bridgehead atoms. The Morgan fingerprint density at radius 2 is 2.29 bits per heavy atom. The van der Waals surface area contributed by atoms with Crippen LogP contribution in [0.2, 0.25) is 0 Å². The van der Waals surface area contributed by atoms with Crippen LogP contribution in [-0.2, 0) is 11.3 Å². The summed E-state index contributed by atoms with van der Waals surface area (Å²) in [6.45, 7) is -0.0858. The highest BCUT2D eigenvalue weighted by atomic mass is 16.2. The van der Waals surface area contributed by atoms with Crippen molar-refractivity contribution in [3.05, 3.63) is 35.0 Å². The minimum Gasteiger partial charge on any atom is -0.290 e. The van der Waals surface area contributed by atoms with E-state index >= 15 is 0 Å². The van der Waals surface area contributed by atoms with Gasteiger partial charge in [-0.1, -0.05) is 0 Å². The SMILES string of the molecule is CNNC(=O)Cn1cnc2ncccc2c1=O. The van der Waals surface area contributed by atoms with E-state index in [1.165, 1.54) is 10.9 Å². The molecule has 0 fully saturated rings. The zero-order chi connectivity index (χ0) is 12.3. The van der Waals surface area contributed by atoms with Crippen LogP contribution in [0.1, 0.15) is 0 Å². The third kappa shape index (κ3) is 2.28. The zero-order valence-electron chi connectivity index (χ0n) is 9.17. The first kappa shape index (κ1) is 11.2. The van der Waals surface area contributed by atoms with Crippen LogP contribution in [0.3, 0.4) is 0 Å². The van der Waals surface area contributed by atoms with E-state index in [0.717, 1.165) is 0 Å². The Morgan fingerprint density at radius 1 is 1.47 bits per heavy atom. The van der Waals surface area contributed by atoms with E-state index in [0.29, 0.717) is 11.0 Å². The molecule has 0 unspecified atom stereocenters. The summed E-state index contributed by atoms with van der Waals surface area (Å²) in [5.41, 5.74) is 4.97. The van der Waals surface area contributed by atoms with Crippen LogP contribution in [-0.4, -0.2) is 27.5 Å². The van der Waals surface area contributed by atoms with Crippen molar-refractivity contribution in [3.63, 3.8) is 0 Å². The van der Waals surface area contributed by atoms with Crippen LogP contribution >= 0.6 is 0 Å². The van der Waals surface area contributed by atoms with Crippen LogP contribution < -0.4 is 16.4 Å². The van der Waals surface area contributed by atoms with Gasteiger partial charge < -0.3 is 0 Å². The van der Waals surface area contributed by atoms with E-state index in [2.05, 4.69) is 20.8 Å². The number of hydrogen-bond donors (Lipinski definition) is 2. The summed E-state index contributed by atoms with van der Waals surface area (Å²) in [6, 6.07) is 3.29. The molecule has 88 valence electrons. The van der Waals surface area contributed by atoms with Gasteiger partial charge in [-0.25, -0.2) is 15.4 Å². The highest BCUT2D eigenvalue weighted by Crippen LogP contribution is 2.00. The van der Waals surface area contributed by atoms with Gasteiger partial charge in [-0.15, -0.1) is 0 Å². The number of pyridine rings is 1. The molecule has 0 radical (unpaired) electrons. The zero-order valence-corrected chi connectivity index (χ0v) is 9.17. The Hall–Kier alpha value is -2.28. The van der Waals surface area contributed by atoms with Crippen molar-refractivity contribution in [2.24, 2.45) is 0 Å². The quantitative estimate of drug-likeness (QED) is 0.667. The lowest BCUT2D eigenvalue weighted by molar-refractivity contribution is -0.122. The molecule has 2 rings (SSSR count). The molecule has 2 heterocycles. The number of hydrogen-bond acceptors (Lipinski definition) is 5. The molecule has 0 aliphatic rings. The predicted molar refractivity (Wildman–Crippen MR) is 61.0 cm³/mol. The van der Waals surface area contributed by atoms with E-state index < -0.39 is 0 Å². The number of hydrazine groups is 1. The number of fused-ring (bicyclic) bond motifs is 1. The van der Waals surface area contributed by atoms with Crippen molar-refractivity contribution in [2.45, 2.75) is 6.54 Å². The molecule has 0 saturated carbocycles. The first-order chi connectivity index (χ1) is 8.22. The number of aromatic nitrogens is 3. The summed E-state index contributed by atoms with van der Waals surface area (Å²) < 4.78 is 1.23. The van der Waals surface area contributed by atoms with E-state index in [-0.39, 0.29) is 18.0 Å². The fourth-order valence-corrected chi connectivity index (χ4v) is 1.44. The fourth-order valence-electron chi connectivity index (χ4n) is 1.44. The molecule has 2 N–H and O–H groups in total. The Bertz CT molecular complexity index is 607. The largest absolute Gasteiger partial charge is 0.290 e. The maximum atomic E-state index is 12.0. The third-order valence-corrected chi connectivity index (χ3v) is 2.18. The second kappa shape index (κ2) is 4.71. The van der Waals surface area contributed by atoms with Gasteiger partial charge in [0.05, 0.1) is 5.39 Å². The maximum Gasteiger partial charge on any atom is 0.263 e. The van der Waals surface area contributed by atoms with Crippen molar-refractivity contribution < 1.29 is 4.79 Å². The van der Waals surface area contributed by atoms with E-state index in [1.807, 2.05) is 0 Å². The molecule has 7 nitrogen and oxygen atoms in total. The van der Waals surface area contributed by atoms with E-state index in [9.17, 15) is 9.59 Å². The minimum atomic E-state index is -0.320. The third-order valence-electron chi connectivity index (χ3n) is 2.18. The Balaban J connectivity index is 2.39. The summed E-state index contributed by atoms with van der Waals surface area (Å²) in [6.07, 6.45) is 2.87. The molecule has 2 aromatic heterocycles. The van der Waals surface area contributed by atoms with Gasteiger partial charge in [0, 0.05) is 13.2 Å². The Kier molecular flexibility index (Phi) is 3.10. The summed E-state index contributed by atoms with van der Waals surface area (Å²) in [5.74, 6) is -0.320. The molecule has 0 atom stereocenters. The number of nitrogens with one attached hydrogen (secondary N) is 2. The molecule has 0 aliphatic heterocycles. The van der Waals surface area contributed by atoms with Crippen LogP contribution in [0.4, 0.5) is 0 Å². The number of carbonyl (C=O) groups is 1. The van der Waals surface area contributed by atoms with Crippen molar-refractivity contribution in [1.29, 1.82) is 0 Å². The number of nitrogens with zero attached hydrogens (tertiary/aromatic N) is 3. The molecule has 0 saturated heterocycles. The van der Waals surface area contributed by atoms with Gasteiger partial charge in [0.25, 0.3) is 11.5 Å². The Morgan fingerprint density at radius 3 is 3.06 bits per heavy atom. The predicted octanol–water partition coefficient (Wildman–Crippen LogP) is -0.958. The van der Waals surface area contributed by atoms with Gasteiger partial charge in [0.1, 0.15) is 12.9 Å². The van der Waals surface area contributed by atoms with Gasteiger partial charge in [0.2, 0.25) is 0 Å². The molecule has 0 spiro atoms. The van der Waals surface area contributed by atoms with Gasteiger partial charge in [0.15, 0.2) is 5.65 Å². The second-order valence-electron chi connectivity index (χ2n) is 3.35. The summed E-state index contributed by atoms with van der Waals surface area (Å²) in [5, 5.41) is 0.396. The number of rotatable bonds is 3. The monoisotopic (exact) mass is 233 g/mol. The lowest BCUT2D eigenvalue weighted by Crippen LogP contribution is -2.38. The molecular formula is C10H11N5O2. The van der Waals surface area contributed by atoms with Gasteiger partial charge in [-0.3, -0.25) is 19.6 Å². The number of carbonyl (C=O) groups excluding carboxylic acids is 1. The summed E-state index contributed by atoms with van der Waals surface area (Å²) in [4.78, 5) is 31.2. The average Bonchev–Trinajstić information content (AvgIpc) is 2.33. The summed E-state index contributed by atoms with van der Waals surface area (Å²) >= 11 is 0. The lowest BCUT2D eigenvalue weighted by atomic mass is 10.3. The van der Waals surface area contributed by atoms with Crippen molar-refractivity contribution in [3.8, 4) is 0 Å². The fraction of sp³-hybridized carbons (Fsp3) is 0.200. The first-order valence-electron chi connectivity index (χ1n) is 4.98. The molecule has 2 aromatic rings. The van der Waals surface area contributed by atoms with Crippen molar-refractivity contribution >= 4 is 16.9 Å². The van der Waals surface area contributed by atoms with Gasteiger partial charge in [-0.05, 0) is 12.1 Å². The molecule has 1 amide bonds. The first-order valence-corrected chi connectivity index (χ1v) is 4.98. The van der Waals surface area contributed by atoms with Crippen LogP contribution in [0.5, 0.6) is 0 Å². The smallest absolute Gasteiger partial charge is 0.263 e. The number of amides is 1. The standard InChI is InChI=1S/C10H11N5O2/c1-11-14-8(16)5-15-6-13-9-7(10(15)17)3-2-4-12-9/h2-4,6,11H,5H2,1H3,(H,14,16). The minimum absolute atomic E-state index is 0.0858. The molecular weight excluding hydrogens is 222 g/mol. The molecule has 17 heavy (non-hydrogen) atoms. The maximum absolute atomic E-state index is 12.0. The highest BCUT2D eigenvalue weighted by Gasteiger charge is 2.07. The molecule has 0 aliphatic carbocycles. The van der Waals surface area contributed by atoms with Crippen LogP contribution in [0.25, 0.3) is 11.0 Å². The Labute approximate surface area is 96.5 Å². The normalized spacial score (nSPS) is 10.4.